The lowest BCUT2D eigenvalue weighted by Crippen LogP contribution is -2.52. The van der Waals surface area contributed by atoms with Crippen molar-refractivity contribution >= 4 is 23.7 Å². The number of para-hydroxylation sites is 2. The first-order valence-corrected chi connectivity index (χ1v) is 17.5. The first-order valence-electron chi connectivity index (χ1n) is 17.5. The van der Waals surface area contributed by atoms with Crippen LogP contribution in [0.1, 0.15) is 90.7 Å². The van der Waals surface area contributed by atoms with Crippen LogP contribution >= 0.6 is 0 Å². The molecule has 6 rings (SSSR count). The summed E-state index contributed by atoms with van der Waals surface area (Å²) in [5.41, 5.74) is 0.426. The van der Waals surface area contributed by atoms with E-state index in [-0.39, 0.29) is 36.3 Å². The van der Waals surface area contributed by atoms with Crippen molar-refractivity contribution in [1.29, 1.82) is 0 Å². The molecule has 11 heteroatoms. The molecular formula is C39H52N2O9. The van der Waals surface area contributed by atoms with Gasteiger partial charge in [-0.25, -0.2) is 14.4 Å². The Morgan fingerprint density at radius 1 is 0.780 bits per heavy atom. The van der Waals surface area contributed by atoms with E-state index < -0.39 is 16.8 Å². The topological polar surface area (TPSA) is 124 Å². The van der Waals surface area contributed by atoms with Crippen LogP contribution in [0.15, 0.2) is 54.6 Å². The second-order valence-corrected chi connectivity index (χ2v) is 15.6. The highest BCUT2D eigenvalue weighted by molar-refractivity contribution is 6.17. The van der Waals surface area contributed by atoms with Gasteiger partial charge in [0.05, 0.1) is 19.3 Å². The maximum absolute atomic E-state index is 12.3. The lowest BCUT2D eigenvalue weighted by Gasteiger charge is -2.46. The molecular weight excluding hydrogens is 640 g/mol. The number of piperidine rings is 2. The number of hydrogen-bond acceptors (Lipinski definition) is 9. The van der Waals surface area contributed by atoms with Crippen LogP contribution in [0.5, 0.6) is 11.5 Å². The summed E-state index contributed by atoms with van der Waals surface area (Å²) in [5, 5.41) is 9.78. The zero-order chi connectivity index (χ0) is 36.3. The zero-order valence-corrected chi connectivity index (χ0v) is 30.5. The molecule has 2 saturated heterocycles. The number of hydrogen-bond donors (Lipinski definition) is 1. The van der Waals surface area contributed by atoms with Crippen molar-refractivity contribution in [2.45, 2.75) is 102 Å². The minimum absolute atomic E-state index is 0.100. The van der Waals surface area contributed by atoms with Gasteiger partial charge < -0.3 is 38.6 Å². The number of methoxy groups -OCH3 is 1. The highest BCUT2D eigenvalue weighted by Crippen LogP contribution is 2.45. The van der Waals surface area contributed by atoms with Crippen LogP contribution in [0.4, 0.5) is 9.59 Å². The van der Waals surface area contributed by atoms with E-state index >= 15 is 0 Å². The average Bonchev–Trinajstić information content (AvgIpc) is 3.06. The fraction of sp³-hybridized carbons (Fsp3) is 0.564. The molecule has 4 aliphatic heterocycles. The van der Waals surface area contributed by atoms with E-state index in [9.17, 15) is 19.5 Å². The van der Waals surface area contributed by atoms with Crippen molar-refractivity contribution in [1.82, 2.24) is 9.80 Å². The van der Waals surface area contributed by atoms with Crippen molar-refractivity contribution in [3.8, 4) is 11.5 Å². The molecule has 1 atom stereocenters. The van der Waals surface area contributed by atoms with E-state index in [0.29, 0.717) is 50.3 Å². The van der Waals surface area contributed by atoms with Crippen molar-refractivity contribution in [3.05, 3.63) is 65.7 Å². The zero-order valence-electron chi connectivity index (χ0n) is 30.5. The molecule has 2 spiro atoms. The van der Waals surface area contributed by atoms with Crippen LogP contribution in [-0.2, 0) is 19.0 Å². The number of ether oxygens (including phenoxy) is 5. The molecule has 0 aliphatic carbocycles. The number of aliphatic hydroxyl groups is 1. The molecule has 1 N–H and O–H groups in total. The van der Waals surface area contributed by atoms with Gasteiger partial charge in [0.25, 0.3) is 0 Å². The van der Waals surface area contributed by atoms with Gasteiger partial charge in [0.15, 0.2) is 0 Å². The summed E-state index contributed by atoms with van der Waals surface area (Å²) in [4.78, 5) is 40.2. The Labute approximate surface area is 295 Å². The monoisotopic (exact) mass is 692 g/mol. The number of rotatable bonds is 2. The van der Waals surface area contributed by atoms with Gasteiger partial charge in [-0.3, -0.25) is 0 Å². The SMILES string of the molecule is CC(C)(C)OC(=O)N1CCC2(CC1)CC(CO)c1ccccc1O2.COC(=O)C1=CC2(CCN(C(=O)OC(C)(C)C)CC2)Oc2ccccc21. The molecule has 2 amide bonds. The van der Waals surface area contributed by atoms with E-state index in [4.69, 9.17) is 23.7 Å². The molecule has 0 saturated carbocycles. The Morgan fingerprint density at radius 3 is 1.84 bits per heavy atom. The lowest BCUT2D eigenvalue weighted by atomic mass is 9.78. The van der Waals surface area contributed by atoms with Crippen LogP contribution in [0, 0.1) is 0 Å². The van der Waals surface area contributed by atoms with Gasteiger partial charge in [0.1, 0.15) is 33.9 Å². The smallest absolute Gasteiger partial charge is 0.410 e. The minimum atomic E-state index is -0.615. The summed E-state index contributed by atoms with van der Waals surface area (Å²) in [7, 11) is 1.37. The van der Waals surface area contributed by atoms with E-state index in [1.807, 2.05) is 96.1 Å². The largest absolute Gasteiger partial charge is 0.487 e. The molecule has 11 nitrogen and oxygen atoms in total. The van der Waals surface area contributed by atoms with E-state index in [0.717, 1.165) is 36.1 Å². The molecule has 0 bridgehead atoms. The molecule has 4 aliphatic rings. The van der Waals surface area contributed by atoms with Crippen LogP contribution in [0.25, 0.3) is 5.57 Å². The van der Waals surface area contributed by atoms with Gasteiger partial charge in [-0.2, -0.15) is 0 Å². The van der Waals surface area contributed by atoms with Crippen LogP contribution in [0.2, 0.25) is 0 Å². The van der Waals surface area contributed by atoms with Crippen molar-refractivity contribution in [2.75, 3.05) is 39.9 Å². The predicted molar refractivity (Wildman–Crippen MR) is 188 cm³/mol. The maximum Gasteiger partial charge on any atom is 0.410 e. The number of nitrogens with zero attached hydrogens (tertiary/aromatic N) is 2. The second kappa shape index (κ2) is 14.5. The molecule has 0 aromatic heterocycles. The van der Waals surface area contributed by atoms with Gasteiger partial charge in [-0.1, -0.05) is 36.4 Å². The first kappa shape index (κ1) is 37.0. The number of esters is 1. The number of carbonyl (C=O) groups is 3. The first-order chi connectivity index (χ1) is 23.5. The molecule has 272 valence electrons. The lowest BCUT2D eigenvalue weighted by molar-refractivity contribution is -0.134. The van der Waals surface area contributed by atoms with E-state index in [2.05, 4.69) is 0 Å². The van der Waals surface area contributed by atoms with Crippen molar-refractivity contribution < 1.29 is 43.2 Å². The molecule has 1 unspecified atom stereocenters. The van der Waals surface area contributed by atoms with Crippen LogP contribution < -0.4 is 9.47 Å². The van der Waals surface area contributed by atoms with Gasteiger partial charge in [0, 0.05) is 63.3 Å². The van der Waals surface area contributed by atoms with Crippen molar-refractivity contribution in [2.24, 2.45) is 0 Å². The number of benzene rings is 2. The number of carbonyl (C=O) groups excluding carboxylic acids is 3. The predicted octanol–water partition coefficient (Wildman–Crippen LogP) is 6.72. The Morgan fingerprint density at radius 2 is 1.30 bits per heavy atom. The number of aliphatic hydroxyl groups excluding tert-OH is 1. The second-order valence-electron chi connectivity index (χ2n) is 15.6. The summed E-state index contributed by atoms with van der Waals surface area (Å²) >= 11 is 0. The van der Waals surface area contributed by atoms with E-state index in [1.54, 1.807) is 9.80 Å². The Bertz CT molecular complexity index is 1570. The fourth-order valence-electron chi connectivity index (χ4n) is 6.92. The van der Waals surface area contributed by atoms with Gasteiger partial charge in [-0.15, -0.1) is 0 Å². The highest BCUT2D eigenvalue weighted by Gasteiger charge is 2.45. The third-order valence-electron chi connectivity index (χ3n) is 9.42. The Balaban J connectivity index is 0.000000195. The summed E-state index contributed by atoms with van der Waals surface area (Å²) in [5.74, 6) is 1.26. The van der Waals surface area contributed by atoms with Gasteiger partial charge in [0.2, 0.25) is 0 Å². The average molecular weight is 693 g/mol. The van der Waals surface area contributed by atoms with E-state index in [1.165, 1.54) is 7.11 Å². The molecule has 0 radical (unpaired) electrons. The molecule has 50 heavy (non-hydrogen) atoms. The summed E-state index contributed by atoms with van der Waals surface area (Å²) in [6.45, 7) is 13.6. The Hall–Kier alpha value is -4.25. The molecule has 4 heterocycles. The summed E-state index contributed by atoms with van der Waals surface area (Å²) < 4.78 is 28.4. The van der Waals surface area contributed by atoms with Gasteiger partial charge in [-0.05, 0) is 71.7 Å². The van der Waals surface area contributed by atoms with Crippen LogP contribution in [-0.4, -0.2) is 95.4 Å². The van der Waals surface area contributed by atoms with Crippen molar-refractivity contribution in [3.63, 3.8) is 0 Å². The maximum atomic E-state index is 12.3. The number of likely N-dealkylation sites (tertiary alicyclic amines) is 2. The summed E-state index contributed by atoms with van der Waals surface area (Å²) in [6.07, 6.45) is 4.76. The molecule has 2 aromatic carbocycles. The standard InChI is InChI=1S/C20H25NO5.C19H27NO4/c1-19(2,3)26-18(23)21-11-9-20(10-12-21)13-15(17(22)24-4)14-7-5-6-8-16(14)25-20;1-18(2,3)24-17(22)20-10-8-19(9-11-20)12-14(13-21)15-6-4-5-7-16(15)23-19/h5-8,13H,9-12H2,1-4H3;4-7,14,21H,8-13H2,1-3H3. The van der Waals surface area contributed by atoms with Crippen LogP contribution in [0.3, 0.4) is 0 Å². The minimum Gasteiger partial charge on any atom is -0.487 e. The number of amides is 2. The fourth-order valence-corrected chi connectivity index (χ4v) is 6.92. The third kappa shape index (κ3) is 8.72. The highest BCUT2D eigenvalue weighted by atomic mass is 16.6. The molecule has 2 fully saturated rings. The normalized spacial score (nSPS) is 20.5. The quantitative estimate of drug-likeness (QED) is 0.270. The number of fused-ring (bicyclic) bond motifs is 2. The Kier molecular flexibility index (Phi) is 10.8. The van der Waals surface area contributed by atoms with Gasteiger partial charge >= 0.3 is 18.2 Å². The molecule has 2 aromatic rings. The summed E-state index contributed by atoms with van der Waals surface area (Å²) in [6, 6.07) is 15.4. The third-order valence-corrected chi connectivity index (χ3v) is 9.42.